The normalized spacial score (nSPS) is 12.7. The summed E-state index contributed by atoms with van der Waals surface area (Å²) >= 11 is 0. The molecule has 0 bridgehead atoms. The van der Waals surface area contributed by atoms with Crippen LogP contribution in [0.15, 0.2) is 53.4 Å². The molecular formula is C16H16NO5S-. The van der Waals surface area contributed by atoms with Gasteiger partial charge in [-0.15, -0.1) is 0 Å². The van der Waals surface area contributed by atoms with Crippen molar-refractivity contribution in [1.82, 2.24) is 0 Å². The van der Waals surface area contributed by atoms with Crippen LogP contribution in [0.25, 0.3) is 4.72 Å². The maximum atomic E-state index is 12.2. The summed E-state index contributed by atoms with van der Waals surface area (Å²) in [6.07, 6.45) is -0.0826. The van der Waals surface area contributed by atoms with Gasteiger partial charge in [0.05, 0.1) is 0 Å². The minimum absolute atomic E-state index is 0.0416. The van der Waals surface area contributed by atoms with Crippen molar-refractivity contribution in [2.24, 2.45) is 0 Å². The minimum Gasteiger partial charge on any atom is -0.532 e. The molecule has 0 spiro atoms. The van der Waals surface area contributed by atoms with Crippen molar-refractivity contribution < 1.29 is 23.4 Å². The number of nitrogens with zero attached hydrogens (tertiary/aromatic N) is 1. The number of hydrogen-bond donors (Lipinski definition) is 2. The highest BCUT2D eigenvalue weighted by molar-refractivity contribution is 7.94. The number of sulfonamides is 1. The summed E-state index contributed by atoms with van der Waals surface area (Å²) in [5, 5.41) is 18.5. The fourth-order valence-electron chi connectivity index (χ4n) is 1.96. The van der Waals surface area contributed by atoms with E-state index in [9.17, 15) is 23.4 Å². The molecule has 0 radical (unpaired) electrons. The van der Waals surface area contributed by atoms with Gasteiger partial charge in [0.15, 0.2) is 0 Å². The monoisotopic (exact) mass is 334 g/mol. The maximum absolute atomic E-state index is 12.2. The second kappa shape index (κ2) is 6.80. The Morgan fingerprint density at radius 2 is 1.65 bits per heavy atom. The number of aryl methyl sites for hydroxylation is 1. The lowest BCUT2D eigenvalue weighted by Gasteiger charge is -2.28. The molecule has 0 heterocycles. The predicted molar refractivity (Wildman–Crippen MR) is 85.0 cm³/mol. The van der Waals surface area contributed by atoms with Gasteiger partial charge < -0.3 is 14.9 Å². The quantitative estimate of drug-likeness (QED) is 0.844. The number of carboxylic acid groups (broad SMARTS) is 1. The summed E-state index contributed by atoms with van der Waals surface area (Å²) < 4.78 is 28.0. The van der Waals surface area contributed by atoms with E-state index in [0.29, 0.717) is 5.56 Å². The molecule has 0 aromatic heterocycles. The van der Waals surface area contributed by atoms with Crippen LogP contribution in [0.2, 0.25) is 0 Å². The average molecular weight is 334 g/mol. The zero-order valence-corrected chi connectivity index (χ0v) is 13.2. The molecule has 2 rings (SSSR count). The van der Waals surface area contributed by atoms with Crippen molar-refractivity contribution in [3.63, 3.8) is 0 Å². The first kappa shape index (κ1) is 17.0. The topological polar surface area (TPSA) is 106 Å². The van der Waals surface area contributed by atoms with E-state index in [1.807, 2.05) is 6.92 Å². The van der Waals surface area contributed by atoms with Crippen molar-refractivity contribution in [3.8, 4) is 5.75 Å². The van der Waals surface area contributed by atoms with Crippen LogP contribution in [-0.2, 0) is 21.2 Å². The molecule has 6 nitrogen and oxygen atoms in total. The van der Waals surface area contributed by atoms with Crippen molar-refractivity contribution in [2.45, 2.75) is 24.3 Å². The second-order valence-electron chi connectivity index (χ2n) is 5.12. The number of aliphatic carboxylic acids is 1. The third-order valence-corrected chi connectivity index (χ3v) is 4.64. The van der Waals surface area contributed by atoms with Gasteiger partial charge in [0.25, 0.3) is 5.97 Å². The molecule has 0 aliphatic carbocycles. The molecule has 0 amide bonds. The van der Waals surface area contributed by atoms with Gasteiger partial charge in [-0.3, -0.25) is 4.79 Å². The van der Waals surface area contributed by atoms with Gasteiger partial charge in [-0.05, 0) is 49.2 Å². The van der Waals surface area contributed by atoms with Crippen molar-refractivity contribution in [2.75, 3.05) is 0 Å². The van der Waals surface area contributed by atoms with Gasteiger partial charge in [-0.25, -0.2) is 8.42 Å². The molecule has 0 saturated carbocycles. The van der Waals surface area contributed by atoms with Crippen LogP contribution in [0, 0.1) is 6.92 Å². The van der Waals surface area contributed by atoms with Crippen LogP contribution in [0.1, 0.15) is 11.1 Å². The fraction of sp³-hybridized carbons (Fsp3) is 0.188. The van der Waals surface area contributed by atoms with Crippen molar-refractivity contribution in [3.05, 3.63) is 64.4 Å². The van der Waals surface area contributed by atoms with E-state index in [4.69, 9.17) is 0 Å². The Morgan fingerprint density at radius 3 is 2.17 bits per heavy atom. The van der Waals surface area contributed by atoms with Crippen LogP contribution in [-0.4, -0.2) is 30.6 Å². The molecule has 2 N–H and O–H groups in total. The molecule has 0 aliphatic rings. The number of carbonyl (C=O) groups is 1. The average Bonchev–Trinajstić information content (AvgIpc) is 2.49. The van der Waals surface area contributed by atoms with Gasteiger partial charge in [0.1, 0.15) is 15.8 Å². The van der Waals surface area contributed by atoms with Gasteiger partial charge in [-0.1, -0.05) is 29.8 Å². The first-order valence-corrected chi connectivity index (χ1v) is 8.26. The highest BCUT2D eigenvalue weighted by Crippen LogP contribution is 2.23. The molecule has 1 unspecified atom stereocenters. The second-order valence-corrected chi connectivity index (χ2v) is 6.75. The minimum atomic E-state index is -4.05. The Morgan fingerprint density at radius 1 is 1.09 bits per heavy atom. The molecule has 0 aliphatic heterocycles. The summed E-state index contributed by atoms with van der Waals surface area (Å²) in [4.78, 5) is 11.3. The standard InChI is InChI=1S/C16H16NO5S/c1-11-2-8-14(9-3-11)23(21,22)17-15(16(19)20)10-12-4-6-13(18)7-5-12/h2-9,15,18H,10H2,1H3,(H,19,20)/q-1. The number of aromatic hydroxyl groups is 1. The van der Waals surface area contributed by atoms with Gasteiger partial charge in [0.2, 0.25) is 0 Å². The molecular weight excluding hydrogens is 318 g/mol. The van der Waals surface area contributed by atoms with Crippen LogP contribution >= 0.6 is 0 Å². The van der Waals surface area contributed by atoms with E-state index in [2.05, 4.69) is 4.72 Å². The summed E-state index contributed by atoms with van der Waals surface area (Å²) in [5.74, 6) is -1.28. The molecule has 0 fully saturated rings. The summed E-state index contributed by atoms with van der Waals surface area (Å²) in [6, 6.07) is 10.5. The van der Waals surface area contributed by atoms with Crippen LogP contribution < -0.4 is 0 Å². The molecule has 7 heteroatoms. The van der Waals surface area contributed by atoms with Crippen molar-refractivity contribution >= 4 is 16.0 Å². The van der Waals surface area contributed by atoms with E-state index < -0.39 is 22.0 Å². The number of phenols is 1. The third kappa shape index (κ3) is 4.54. The van der Waals surface area contributed by atoms with Crippen LogP contribution in [0.4, 0.5) is 0 Å². The maximum Gasteiger partial charge on any atom is 0.286 e. The van der Waals surface area contributed by atoms with Gasteiger partial charge in [-0.2, -0.15) is 0 Å². The van der Waals surface area contributed by atoms with E-state index in [-0.39, 0.29) is 17.1 Å². The number of hydrogen-bond acceptors (Lipinski definition) is 4. The molecule has 1 atom stereocenters. The number of phenolic OH excluding ortho intramolecular Hbond substituents is 1. The lowest BCUT2D eigenvalue weighted by atomic mass is 10.1. The number of benzene rings is 2. The highest BCUT2D eigenvalue weighted by Gasteiger charge is 2.15. The summed E-state index contributed by atoms with van der Waals surface area (Å²) in [7, 11) is -4.05. The van der Waals surface area contributed by atoms with Crippen LogP contribution in [0.3, 0.4) is 0 Å². The Labute approximate surface area is 134 Å². The molecule has 0 saturated heterocycles. The first-order chi connectivity index (χ1) is 10.8. The van der Waals surface area contributed by atoms with E-state index in [0.717, 1.165) is 5.56 Å². The van der Waals surface area contributed by atoms with E-state index in [1.54, 1.807) is 12.1 Å². The molecule has 122 valence electrons. The molecule has 23 heavy (non-hydrogen) atoms. The number of carboxylic acids is 1. The number of rotatable bonds is 6. The Hall–Kier alpha value is -2.38. The summed E-state index contributed by atoms with van der Waals surface area (Å²) in [5.41, 5.74) is 1.46. The van der Waals surface area contributed by atoms with Crippen molar-refractivity contribution in [1.29, 1.82) is 0 Å². The smallest absolute Gasteiger partial charge is 0.286 e. The van der Waals surface area contributed by atoms with E-state index >= 15 is 0 Å². The third-order valence-electron chi connectivity index (χ3n) is 3.24. The Kier molecular flexibility index (Phi) is 5.02. The molecule has 2 aromatic carbocycles. The summed E-state index contributed by atoms with van der Waals surface area (Å²) in [6.45, 7) is 1.82. The fourth-order valence-corrected chi connectivity index (χ4v) is 3.07. The predicted octanol–water partition coefficient (Wildman–Crippen LogP) is 2.46. The Bertz CT molecular complexity index is 782. The van der Waals surface area contributed by atoms with E-state index in [1.165, 1.54) is 36.4 Å². The largest absolute Gasteiger partial charge is 0.532 e. The lowest BCUT2D eigenvalue weighted by molar-refractivity contribution is -0.137. The Balaban J connectivity index is 2.20. The first-order valence-electron chi connectivity index (χ1n) is 6.82. The highest BCUT2D eigenvalue weighted by atomic mass is 32.2. The van der Waals surface area contributed by atoms with Gasteiger partial charge in [0, 0.05) is 4.90 Å². The van der Waals surface area contributed by atoms with Gasteiger partial charge >= 0.3 is 0 Å². The van der Waals surface area contributed by atoms with Crippen LogP contribution in [0.5, 0.6) is 5.75 Å². The zero-order valence-electron chi connectivity index (χ0n) is 12.4. The SMILES string of the molecule is Cc1ccc(S(=O)(=O)[N-]C(Cc2ccc(O)cc2)C(=O)O)cc1. The lowest BCUT2D eigenvalue weighted by Crippen LogP contribution is -2.24. The zero-order chi connectivity index (χ0) is 17.0. The molecule has 2 aromatic rings.